The molecule has 1 atom stereocenters. The smallest absolute Gasteiger partial charge is 0.209 e. The van der Waals surface area contributed by atoms with Gasteiger partial charge in [-0.3, -0.25) is 4.79 Å². The van der Waals surface area contributed by atoms with E-state index in [1.165, 1.54) is 0 Å². The van der Waals surface area contributed by atoms with Gasteiger partial charge in [0.2, 0.25) is 10.0 Å². The predicted molar refractivity (Wildman–Crippen MR) is 85.1 cm³/mol. The number of methoxy groups -OCH3 is 1. The lowest BCUT2D eigenvalue weighted by atomic mass is 9.61. The highest BCUT2D eigenvalue weighted by Gasteiger charge is 2.45. The van der Waals surface area contributed by atoms with E-state index in [0.717, 1.165) is 17.7 Å². The van der Waals surface area contributed by atoms with Crippen LogP contribution >= 0.6 is 0 Å². The Hall–Kier alpha value is -1.40. The number of hydrogen-bond acceptors (Lipinski definition) is 4. The number of aryl methyl sites for hydroxylation is 1. The molecule has 0 bridgehead atoms. The van der Waals surface area contributed by atoms with Crippen LogP contribution in [0.15, 0.2) is 24.3 Å². The maximum atomic E-state index is 11.5. The number of hydrogen-bond donors (Lipinski definition) is 1. The predicted octanol–water partition coefficient (Wildman–Crippen LogP) is 1.90. The molecule has 5 nitrogen and oxygen atoms in total. The molecule has 1 saturated carbocycles. The van der Waals surface area contributed by atoms with Crippen LogP contribution in [0.3, 0.4) is 0 Å². The first-order chi connectivity index (χ1) is 10.2. The summed E-state index contributed by atoms with van der Waals surface area (Å²) >= 11 is 0. The zero-order valence-corrected chi connectivity index (χ0v) is 13.9. The number of rotatable bonds is 7. The van der Waals surface area contributed by atoms with Crippen molar-refractivity contribution in [1.82, 2.24) is 0 Å². The minimum absolute atomic E-state index is 0.0626. The molecule has 1 unspecified atom stereocenters. The Balaban J connectivity index is 2.04. The lowest BCUT2D eigenvalue weighted by Gasteiger charge is -2.43. The Bertz CT molecular complexity index is 629. The first-order valence-electron chi connectivity index (χ1n) is 7.37. The van der Waals surface area contributed by atoms with E-state index in [9.17, 15) is 13.2 Å². The first kappa shape index (κ1) is 17.0. The van der Waals surface area contributed by atoms with E-state index in [1.54, 1.807) is 7.11 Å². The van der Waals surface area contributed by atoms with Crippen molar-refractivity contribution >= 4 is 15.8 Å². The maximum Gasteiger partial charge on any atom is 0.209 e. The van der Waals surface area contributed by atoms with Crippen molar-refractivity contribution in [3.63, 3.8) is 0 Å². The summed E-state index contributed by atoms with van der Waals surface area (Å²) in [5.74, 6) is 0.836. The Labute approximate surface area is 131 Å². The summed E-state index contributed by atoms with van der Waals surface area (Å²) in [6.45, 7) is 1.98. The van der Waals surface area contributed by atoms with Crippen molar-refractivity contribution in [1.29, 1.82) is 0 Å². The van der Waals surface area contributed by atoms with Gasteiger partial charge in [0.05, 0.1) is 12.9 Å². The van der Waals surface area contributed by atoms with Crippen LogP contribution in [0, 0.1) is 11.3 Å². The fourth-order valence-electron chi connectivity index (χ4n) is 3.18. The monoisotopic (exact) mass is 325 g/mol. The van der Waals surface area contributed by atoms with Crippen LogP contribution in [-0.4, -0.2) is 27.1 Å². The average molecular weight is 325 g/mol. The van der Waals surface area contributed by atoms with E-state index in [0.29, 0.717) is 19.3 Å². The van der Waals surface area contributed by atoms with Crippen LogP contribution in [0.5, 0.6) is 5.75 Å². The standard InChI is InChI=1S/C16H23NO4S/c1-16(9-14(18)10-16)13(11-22(17,19)20)6-3-12-4-7-15(21-2)8-5-12/h4-5,7-8,13H,3,6,9-11H2,1-2H3,(H2,17,19,20). The molecule has 1 aromatic rings. The largest absolute Gasteiger partial charge is 0.497 e. The molecule has 0 radical (unpaired) electrons. The van der Waals surface area contributed by atoms with Crippen LogP contribution in [0.2, 0.25) is 0 Å². The van der Waals surface area contributed by atoms with Crippen molar-refractivity contribution < 1.29 is 17.9 Å². The summed E-state index contributed by atoms with van der Waals surface area (Å²) in [6.07, 6.45) is 2.37. The number of Topliss-reactive ketones (excluding diaryl/α,β-unsaturated/α-hetero) is 1. The molecular weight excluding hydrogens is 302 g/mol. The molecule has 1 aliphatic carbocycles. The normalized spacial score (nSPS) is 18.6. The van der Waals surface area contributed by atoms with E-state index in [2.05, 4.69) is 0 Å². The van der Waals surface area contributed by atoms with Crippen molar-refractivity contribution in [3.05, 3.63) is 29.8 Å². The van der Waals surface area contributed by atoms with Crippen LogP contribution in [0.1, 0.15) is 31.7 Å². The number of carbonyl (C=O) groups is 1. The van der Waals surface area contributed by atoms with Crippen LogP contribution < -0.4 is 9.88 Å². The topological polar surface area (TPSA) is 86.5 Å². The van der Waals surface area contributed by atoms with Gasteiger partial charge in [-0.25, -0.2) is 13.6 Å². The van der Waals surface area contributed by atoms with Crippen molar-refractivity contribution in [2.24, 2.45) is 16.5 Å². The average Bonchev–Trinajstić information content (AvgIpc) is 2.41. The zero-order chi connectivity index (χ0) is 16.4. The van der Waals surface area contributed by atoms with Gasteiger partial charge in [0, 0.05) is 12.8 Å². The summed E-state index contributed by atoms with van der Waals surface area (Å²) in [5.41, 5.74) is 0.880. The third-order valence-corrected chi connectivity index (χ3v) is 5.43. The van der Waals surface area contributed by atoms with Gasteiger partial charge in [0.25, 0.3) is 0 Å². The number of sulfonamides is 1. The molecule has 0 aliphatic heterocycles. The van der Waals surface area contributed by atoms with Gasteiger partial charge in [0.15, 0.2) is 0 Å². The molecule has 0 heterocycles. The van der Waals surface area contributed by atoms with Crippen LogP contribution in [0.25, 0.3) is 0 Å². The van der Waals surface area contributed by atoms with Gasteiger partial charge >= 0.3 is 0 Å². The molecule has 2 N–H and O–H groups in total. The fourth-order valence-corrected chi connectivity index (χ4v) is 4.31. The summed E-state index contributed by atoms with van der Waals surface area (Å²) in [4.78, 5) is 11.3. The van der Waals surface area contributed by atoms with Gasteiger partial charge < -0.3 is 4.74 Å². The zero-order valence-electron chi connectivity index (χ0n) is 13.0. The lowest BCUT2D eigenvalue weighted by Crippen LogP contribution is -2.45. The highest BCUT2D eigenvalue weighted by Crippen LogP contribution is 2.46. The van der Waals surface area contributed by atoms with E-state index in [-0.39, 0.29) is 22.9 Å². The molecule has 0 saturated heterocycles. The third kappa shape index (κ3) is 4.30. The molecule has 6 heteroatoms. The van der Waals surface area contributed by atoms with Gasteiger partial charge in [-0.2, -0.15) is 0 Å². The van der Waals surface area contributed by atoms with Crippen molar-refractivity contribution in [2.75, 3.05) is 12.9 Å². The number of nitrogens with two attached hydrogens (primary N) is 1. The molecule has 0 amide bonds. The second kappa shape index (κ2) is 6.38. The molecular formula is C16H23NO4S. The van der Waals surface area contributed by atoms with Crippen molar-refractivity contribution in [2.45, 2.75) is 32.6 Å². The van der Waals surface area contributed by atoms with Gasteiger partial charge in [0.1, 0.15) is 11.5 Å². The van der Waals surface area contributed by atoms with Crippen LogP contribution in [0.4, 0.5) is 0 Å². The Morgan fingerprint density at radius 3 is 2.32 bits per heavy atom. The Kier molecular flexibility index (Phi) is 4.92. The minimum atomic E-state index is -3.55. The maximum absolute atomic E-state index is 11.5. The van der Waals surface area contributed by atoms with Gasteiger partial charge in [-0.1, -0.05) is 19.1 Å². The number of primary sulfonamides is 1. The molecule has 2 rings (SSSR count). The molecule has 0 aromatic heterocycles. The quantitative estimate of drug-likeness (QED) is 0.829. The number of benzene rings is 1. The molecule has 1 aromatic carbocycles. The van der Waals surface area contributed by atoms with E-state index < -0.39 is 10.0 Å². The molecule has 1 fully saturated rings. The highest BCUT2D eigenvalue weighted by molar-refractivity contribution is 7.89. The van der Waals surface area contributed by atoms with Gasteiger partial charge in [-0.05, 0) is 41.9 Å². The molecule has 122 valence electrons. The summed E-state index contributed by atoms with van der Waals surface area (Å²) in [7, 11) is -1.93. The molecule has 22 heavy (non-hydrogen) atoms. The summed E-state index contributed by atoms with van der Waals surface area (Å²) < 4.78 is 28.1. The first-order valence-corrected chi connectivity index (χ1v) is 9.08. The molecule has 0 spiro atoms. The number of ether oxygens (including phenoxy) is 1. The SMILES string of the molecule is COc1ccc(CCC(CS(N)(=O)=O)C2(C)CC(=O)C2)cc1. The Morgan fingerprint density at radius 1 is 1.27 bits per heavy atom. The van der Waals surface area contributed by atoms with E-state index >= 15 is 0 Å². The third-order valence-electron chi connectivity index (χ3n) is 4.56. The Morgan fingerprint density at radius 2 is 1.86 bits per heavy atom. The number of carbonyl (C=O) groups excluding carboxylic acids is 1. The fraction of sp³-hybridized carbons (Fsp3) is 0.562. The van der Waals surface area contributed by atoms with E-state index in [4.69, 9.17) is 9.88 Å². The van der Waals surface area contributed by atoms with Gasteiger partial charge in [-0.15, -0.1) is 0 Å². The van der Waals surface area contributed by atoms with Crippen LogP contribution in [-0.2, 0) is 21.2 Å². The van der Waals surface area contributed by atoms with Crippen molar-refractivity contribution in [3.8, 4) is 5.75 Å². The summed E-state index contributed by atoms with van der Waals surface area (Å²) in [5, 5.41) is 5.22. The second-order valence-electron chi connectivity index (χ2n) is 6.46. The second-order valence-corrected chi connectivity index (χ2v) is 8.12. The lowest BCUT2D eigenvalue weighted by molar-refractivity contribution is -0.134. The minimum Gasteiger partial charge on any atom is -0.497 e. The molecule has 1 aliphatic rings. The summed E-state index contributed by atoms with van der Waals surface area (Å²) in [6, 6.07) is 7.72. The number of ketones is 1. The van der Waals surface area contributed by atoms with E-state index in [1.807, 2.05) is 31.2 Å². The highest BCUT2D eigenvalue weighted by atomic mass is 32.2.